The van der Waals surface area contributed by atoms with Crippen LogP contribution in [0.2, 0.25) is 0 Å². The van der Waals surface area contributed by atoms with Crippen LogP contribution in [0, 0.1) is 0 Å². The molecule has 1 amide bonds. The number of carbonyl (C=O) groups is 1. The summed E-state index contributed by atoms with van der Waals surface area (Å²) in [6.45, 7) is 3.04. The third-order valence-corrected chi connectivity index (χ3v) is 3.53. The zero-order valence-corrected chi connectivity index (χ0v) is 12.1. The summed E-state index contributed by atoms with van der Waals surface area (Å²) in [4.78, 5) is 16.3. The molecule has 3 N–H and O–H groups in total. The van der Waals surface area contributed by atoms with Crippen molar-refractivity contribution in [2.75, 3.05) is 17.2 Å². The number of H-pyrrole nitrogens is 1. The van der Waals surface area contributed by atoms with Crippen molar-refractivity contribution >= 4 is 17.3 Å². The van der Waals surface area contributed by atoms with Crippen LogP contribution in [0.25, 0.3) is 0 Å². The number of aromatic nitrogens is 3. The topological polar surface area (TPSA) is 82.7 Å². The summed E-state index contributed by atoms with van der Waals surface area (Å²) >= 11 is 0. The van der Waals surface area contributed by atoms with E-state index in [-0.39, 0.29) is 11.7 Å². The number of aromatic amines is 1. The van der Waals surface area contributed by atoms with Crippen LogP contribution >= 0.6 is 0 Å². The number of benzene rings is 1. The number of amides is 1. The van der Waals surface area contributed by atoms with E-state index in [2.05, 4.69) is 38.8 Å². The number of hydrogen-bond donors (Lipinski definition) is 3. The van der Waals surface area contributed by atoms with Gasteiger partial charge in [0.1, 0.15) is 5.82 Å². The number of fused-ring (bicyclic) bond motifs is 1. The quantitative estimate of drug-likeness (QED) is 0.805. The summed E-state index contributed by atoms with van der Waals surface area (Å²) in [5, 5.41) is 12.9. The zero-order chi connectivity index (χ0) is 14.7. The van der Waals surface area contributed by atoms with Gasteiger partial charge in [0.05, 0.1) is 0 Å². The number of hydrogen-bond acceptors (Lipinski definition) is 4. The fraction of sp³-hybridized carbons (Fsp3) is 0.400. The van der Waals surface area contributed by atoms with Crippen LogP contribution in [0.4, 0.5) is 11.4 Å². The number of carbonyl (C=O) groups excluding carboxylic acids is 1. The van der Waals surface area contributed by atoms with Gasteiger partial charge in [-0.1, -0.05) is 13.0 Å². The molecule has 0 fully saturated rings. The monoisotopic (exact) mass is 285 g/mol. The average molecular weight is 285 g/mol. The van der Waals surface area contributed by atoms with Crippen molar-refractivity contribution in [2.24, 2.45) is 0 Å². The Bertz CT molecular complexity index is 649. The molecule has 6 heteroatoms. The molecule has 1 aromatic heterocycles. The van der Waals surface area contributed by atoms with E-state index in [4.69, 9.17) is 0 Å². The molecule has 1 aromatic carbocycles. The van der Waals surface area contributed by atoms with E-state index in [1.807, 2.05) is 12.1 Å². The maximum atomic E-state index is 12.1. The first-order chi connectivity index (χ1) is 10.3. The minimum atomic E-state index is -0.288. The highest BCUT2D eigenvalue weighted by Crippen LogP contribution is 2.25. The zero-order valence-electron chi connectivity index (χ0n) is 12.1. The van der Waals surface area contributed by atoms with Crippen LogP contribution in [-0.4, -0.2) is 27.6 Å². The van der Waals surface area contributed by atoms with E-state index in [0.29, 0.717) is 0 Å². The third-order valence-electron chi connectivity index (χ3n) is 3.53. The first kappa shape index (κ1) is 13.6. The second kappa shape index (κ2) is 5.95. The number of rotatable bonds is 4. The van der Waals surface area contributed by atoms with E-state index < -0.39 is 0 Å². The Kier molecular flexibility index (Phi) is 3.85. The molecule has 2 heterocycles. The van der Waals surface area contributed by atoms with E-state index >= 15 is 0 Å². The summed E-state index contributed by atoms with van der Waals surface area (Å²) < 4.78 is 0. The Morgan fingerprint density at radius 3 is 3.19 bits per heavy atom. The molecule has 110 valence electrons. The van der Waals surface area contributed by atoms with Crippen molar-refractivity contribution in [3.8, 4) is 0 Å². The maximum absolute atomic E-state index is 12.1. The first-order valence-corrected chi connectivity index (χ1v) is 7.35. The van der Waals surface area contributed by atoms with Gasteiger partial charge < -0.3 is 10.6 Å². The Morgan fingerprint density at radius 1 is 1.43 bits per heavy atom. The predicted octanol–water partition coefficient (Wildman–Crippen LogP) is 2.37. The first-order valence-electron chi connectivity index (χ1n) is 7.35. The van der Waals surface area contributed by atoms with Crippen molar-refractivity contribution in [1.82, 2.24) is 15.2 Å². The number of anilines is 2. The molecule has 2 aromatic rings. The van der Waals surface area contributed by atoms with Crippen LogP contribution in [-0.2, 0) is 12.8 Å². The molecule has 0 aliphatic carbocycles. The molecule has 0 bridgehead atoms. The summed E-state index contributed by atoms with van der Waals surface area (Å²) in [5.74, 6) is 0.642. The SMILES string of the molecule is CCCc1nc(C(=O)Nc2ccc3c(c2)NCCC3)n[nH]1. The highest BCUT2D eigenvalue weighted by atomic mass is 16.2. The smallest absolute Gasteiger partial charge is 0.295 e. The summed E-state index contributed by atoms with van der Waals surface area (Å²) in [5.41, 5.74) is 3.15. The minimum absolute atomic E-state index is 0.184. The van der Waals surface area contributed by atoms with E-state index in [1.165, 1.54) is 5.56 Å². The Morgan fingerprint density at radius 2 is 2.33 bits per heavy atom. The Hall–Kier alpha value is -2.37. The van der Waals surface area contributed by atoms with Crippen molar-refractivity contribution in [1.29, 1.82) is 0 Å². The molecule has 0 spiro atoms. The van der Waals surface area contributed by atoms with Crippen LogP contribution in [0.3, 0.4) is 0 Å². The van der Waals surface area contributed by atoms with Gasteiger partial charge >= 0.3 is 0 Å². The summed E-state index contributed by atoms with van der Waals surface area (Å²) in [6.07, 6.45) is 3.99. The van der Waals surface area contributed by atoms with E-state index in [1.54, 1.807) is 0 Å². The molecule has 0 saturated heterocycles. The van der Waals surface area contributed by atoms with Gasteiger partial charge in [-0.3, -0.25) is 9.89 Å². The number of aryl methyl sites for hydroxylation is 2. The van der Waals surface area contributed by atoms with E-state index in [9.17, 15) is 4.79 Å². The predicted molar refractivity (Wildman–Crippen MR) is 81.6 cm³/mol. The van der Waals surface area contributed by atoms with Crippen LogP contribution < -0.4 is 10.6 Å². The summed E-state index contributed by atoms with van der Waals surface area (Å²) in [6, 6.07) is 5.94. The van der Waals surface area contributed by atoms with Crippen LogP contribution in [0.1, 0.15) is 41.8 Å². The molecule has 0 atom stereocenters. The lowest BCUT2D eigenvalue weighted by Crippen LogP contribution is -2.16. The van der Waals surface area contributed by atoms with E-state index in [0.717, 1.165) is 49.4 Å². The minimum Gasteiger partial charge on any atom is -0.385 e. The fourth-order valence-electron chi connectivity index (χ4n) is 2.47. The second-order valence-electron chi connectivity index (χ2n) is 5.21. The van der Waals surface area contributed by atoms with Crippen LogP contribution in [0.15, 0.2) is 18.2 Å². The molecule has 1 aliphatic heterocycles. The van der Waals surface area contributed by atoms with Crippen molar-refractivity contribution in [2.45, 2.75) is 32.6 Å². The van der Waals surface area contributed by atoms with Gasteiger partial charge in [0.15, 0.2) is 0 Å². The van der Waals surface area contributed by atoms with Crippen molar-refractivity contribution in [3.63, 3.8) is 0 Å². The molecule has 0 unspecified atom stereocenters. The van der Waals surface area contributed by atoms with Crippen molar-refractivity contribution in [3.05, 3.63) is 35.4 Å². The lowest BCUT2D eigenvalue weighted by atomic mass is 10.0. The van der Waals surface area contributed by atoms with Gasteiger partial charge in [-0.25, -0.2) is 4.98 Å². The second-order valence-corrected chi connectivity index (χ2v) is 5.21. The number of nitrogens with one attached hydrogen (secondary N) is 3. The molecule has 3 rings (SSSR count). The lowest BCUT2D eigenvalue weighted by Gasteiger charge is -2.18. The van der Waals surface area contributed by atoms with Crippen LogP contribution in [0.5, 0.6) is 0 Å². The van der Waals surface area contributed by atoms with Gasteiger partial charge in [-0.05, 0) is 37.0 Å². The molecule has 21 heavy (non-hydrogen) atoms. The average Bonchev–Trinajstić information content (AvgIpc) is 2.96. The van der Waals surface area contributed by atoms with Crippen molar-refractivity contribution < 1.29 is 4.79 Å². The molecular formula is C15H19N5O. The fourth-order valence-corrected chi connectivity index (χ4v) is 2.47. The Balaban J connectivity index is 1.71. The molecule has 6 nitrogen and oxygen atoms in total. The molecular weight excluding hydrogens is 266 g/mol. The highest BCUT2D eigenvalue weighted by molar-refractivity contribution is 6.01. The maximum Gasteiger partial charge on any atom is 0.295 e. The highest BCUT2D eigenvalue weighted by Gasteiger charge is 2.14. The third kappa shape index (κ3) is 3.04. The van der Waals surface area contributed by atoms with Gasteiger partial charge in [-0.2, -0.15) is 0 Å². The number of nitrogens with zero attached hydrogens (tertiary/aromatic N) is 2. The standard InChI is InChI=1S/C15H19N5O/c1-2-4-13-18-14(20-19-13)15(21)17-11-7-6-10-5-3-8-16-12(10)9-11/h6-7,9,16H,2-5,8H2,1H3,(H,17,21)(H,18,19,20). The summed E-state index contributed by atoms with van der Waals surface area (Å²) in [7, 11) is 0. The largest absolute Gasteiger partial charge is 0.385 e. The normalized spacial score (nSPS) is 13.4. The van der Waals surface area contributed by atoms with Gasteiger partial charge in [0.2, 0.25) is 5.82 Å². The molecule has 1 aliphatic rings. The van der Waals surface area contributed by atoms with Gasteiger partial charge in [-0.15, -0.1) is 5.10 Å². The van der Waals surface area contributed by atoms with Gasteiger partial charge in [0.25, 0.3) is 5.91 Å². The Labute approximate surface area is 123 Å². The van der Waals surface area contributed by atoms with Gasteiger partial charge in [0, 0.05) is 24.3 Å². The molecule has 0 radical (unpaired) electrons. The lowest BCUT2D eigenvalue weighted by molar-refractivity contribution is 0.101. The molecule has 0 saturated carbocycles.